The Kier molecular flexibility index (Phi) is 2.28. The Labute approximate surface area is 93.9 Å². The van der Waals surface area contributed by atoms with Crippen LogP contribution < -0.4 is 0 Å². The fraction of sp³-hybridized carbons (Fsp3) is 0.583. The Morgan fingerprint density at radius 2 is 2.20 bits per heavy atom. The van der Waals surface area contributed by atoms with Gasteiger partial charge in [0.25, 0.3) is 0 Å². The van der Waals surface area contributed by atoms with Gasteiger partial charge in [-0.3, -0.25) is 4.79 Å². The van der Waals surface area contributed by atoms with E-state index in [1.165, 1.54) is 17.7 Å². The molecule has 1 amide bonds. The summed E-state index contributed by atoms with van der Waals surface area (Å²) in [7, 11) is 0. The number of hydrogen-bond donors (Lipinski definition) is 0. The van der Waals surface area contributed by atoms with Gasteiger partial charge >= 0.3 is 0 Å². The molecule has 2 aliphatic carbocycles. The van der Waals surface area contributed by atoms with Gasteiger partial charge in [-0.1, -0.05) is 6.07 Å². The van der Waals surface area contributed by atoms with Crippen LogP contribution in [-0.2, 0) is 11.3 Å². The van der Waals surface area contributed by atoms with Gasteiger partial charge in [0.1, 0.15) is 0 Å². The molecular weight excluding hydrogens is 206 g/mol. The second kappa shape index (κ2) is 3.63. The monoisotopic (exact) mass is 221 g/mol. The zero-order valence-corrected chi connectivity index (χ0v) is 9.50. The summed E-state index contributed by atoms with van der Waals surface area (Å²) in [6.45, 7) is 0.845. The molecule has 1 heterocycles. The Morgan fingerprint density at radius 1 is 1.40 bits per heavy atom. The highest BCUT2D eigenvalue weighted by molar-refractivity contribution is 7.09. The lowest BCUT2D eigenvalue weighted by Gasteiger charge is -2.21. The van der Waals surface area contributed by atoms with Crippen LogP contribution in [0.15, 0.2) is 17.5 Å². The molecule has 0 unspecified atom stereocenters. The van der Waals surface area contributed by atoms with Crippen molar-refractivity contribution in [1.82, 2.24) is 4.90 Å². The van der Waals surface area contributed by atoms with Gasteiger partial charge in [0.05, 0.1) is 6.54 Å². The average molecular weight is 221 g/mol. The molecule has 80 valence electrons. The predicted octanol–water partition coefficient (Wildman–Crippen LogP) is 2.65. The van der Waals surface area contributed by atoms with Crippen molar-refractivity contribution in [2.75, 3.05) is 0 Å². The fourth-order valence-corrected chi connectivity index (χ4v) is 2.61. The number of amides is 1. The minimum absolute atomic E-state index is 0.366. The smallest absolute Gasteiger partial charge is 0.226 e. The highest BCUT2D eigenvalue weighted by atomic mass is 32.1. The SMILES string of the molecule is O=C(C1CC1)N(Cc1cccs1)C1CC1. The maximum absolute atomic E-state index is 12.0. The summed E-state index contributed by atoms with van der Waals surface area (Å²) in [5.41, 5.74) is 0. The van der Waals surface area contributed by atoms with Crippen LogP contribution in [0.4, 0.5) is 0 Å². The quantitative estimate of drug-likeness (QED) is 0.765. The van der Waals surface area contributed by atoms with Crippen LogP contribution >= 0.6 is 11.3 Å². The fourth-order valence-electron chi connectivity index (χ4n) is 1.91. The molecule has 0 aliphatic heterocycles. The van der Waals surface area contributed by atoms with Gasteiger partial charge < -0.3 is 4.90 Å². The average Bonchev–Trinajstić information content (AvgIpc) is 3.13. The summed E-state index contributed by atoms with van der Waals surface area (Å²) in [5, 5.41) is 2.09. The molecule has 3 heteroatoms. The highest BCUT2D eigenvalue weighted by Crippen LogP contribution is 2.37. The van der Waals surface area contributed by atoms with Gasteiger partial charge in [0, 0.05) is 16.8 Å². The molecule has 0 atom stereocenters. The summed E-state index contributed by atoms with van der Waals surface area (Å²) >= 11 is 1.75. The van der Waals surface area contributed by atoms with E-state index in [2.05, 4.69) is 22.4 Å². The molecule has 0 aromatic carbocycles. The van der Waals surface area contributed by atoms with E-state index in [1.807, 2.05) is 0 Å². The first-order valence-corrected chi connectivity index (χ1v) is 6.55. The molecule has 1 aromatic heterocycles. The lowest BCUT2D eigenvalue weighted by molar-refractivity contribution is -0.133. The molecule has 2 aliphatic rings. The van der Waals surface area contributed by atoms with Gasteiger partial charge in [-0.2, -0.15) is 0 Å². The molecule has 15 heavy (non-hydrogen) atoms. The van der Waals surface area contributed by atoms with Crippen LogP contribution in [0.25, 0.3) is 0 Å². The largest absolute Gasteiger partial charge is 0.334 e. The van der Waals surface area contributed by atoms with E-state index in [0.29, 0.717) is 17.9 Å². The molecular formula is C12H15NOS. The Hall–Kier alpha value is -0.830. The van der Waals surface area contributed by atoms with Gasteiger partial charge in [-0.15, -0.1) is 11.3 Å². The van der Waals surface area contributed by atoms with Crippen molar-refractivity contribution in [3.05, 3.63) is 22.4 Å². The lowest BCUT2D eigenvalue weighted by atomic mass is 10.3. The first-order valence-electron chi connectivity index (χ1n) is 5.67. The molecule has 2 saturated carbocycles. The molecule has 2 nitrogen and oxygen atoms in total. The topological polar surface area (TPSA) is 20.3 Å². The van der Waals surface area contributed by atoms with E-state index in [4.69, 9.17) is 0 Å². The van der Waals surface area contributed by atoms with Crippen molar-refractivity contribution in [3.63, 3.8) is 0 Å². The number of hydrogen-bond acceptors (Lipinski definition) is 2. The van der Waals surface area contributed by atoms with Crippen molar-refractivity contribution >= 4 is 17.2 Å². The Morgan fingerprint density at radius 3 is 2.73 bits per heavy atom. The zero-order chi connectivity index (χ0) is 10.3. The van der Waals surface area contributed by atoms with Crippen molar-refractivity contribution < 1.29 is 4.79 Å². The molecule has 3 rings (SSSR count). The number of thiophene rings is 1. The van der Waals surface area contributed by atoms with Gasteiger partial charge in [0.2, 0.25) is 5.91 Å². The summed E-state index contributed by atoms with van der Waals surface area (Å²) in [5.74, 6) is 0.775. The van der Waals surface area contributed by atoms with Crippen molar-refractivity contribution in [3.8, 4) is 0 Å². The second-order valence-electron chi connectivity index (χ2n) is 4.55. The molecule has 2 fully saturated rings. The van der Waals surface area contributed by atoms with Crippen LogP contribution in [0.5, 0.6) is 0 Å². The number of nitrogens with zero attached hydrogens (tertiary/aromatic N) is 1. The normalized spacial score (nSPS) is 20.3. The van der Waals surface area contributed by atoms with E-state index in [0.717, 1.165) is 19.4 Å². The molecule has 0 saturated heterocycles. The van der Waals surface area contributed by atoms with E-state index in [-0.39, 0.29) is 0 Å². The Balaban J connectivity index is 1.70. The molecule has 0 bridgehead atoms. The summed E-state index contributed by atoms with van der Waals surface area (Å²) in [4.78, 5) is 15.5. The molecule has 0 spiro atoms. The highest BCUT2D eigenvalue weighted by Gasteiger charge is 2.39. The van der Waals surface area contributed by atoms with E-state index >= 15 is 0 Å². The second-order valence-corrected chi connectivity index (χ2v) is 5.58. The summed E-state index contributed by atoms with van der Waals surface area (Å²) < 4.78 is 0. The van der Waals surface area contributed by atoms with Crippen LogP contribution in [0.1, 0.15) is 30.6 Å². The predicted molar refractivity (Wildman–Crippen MR) is 60.6 cm³/mol. The van der Waals surface area contributed by atoms with Crippen LogP contribution in [0, 0.1) is 5.92 Å². The van der Waals surface area contributed by atoms with Gasteiger partial charge in [-0.25, -0.2) is 0 Å². The standard InChI is InChI=1S/C12H15NOS/c14-12(9-3-4-9)13(10-5-6-10)8-11-2-1-7-15-11/h1-2,7,9-10H,3-6,8H2. The van der Waals surface area contributed by atoms with E-state index < -0.39 is 0 Å². The molecule has 0 N–H and O–H groups in total. The van der Waals surface area contributed by atoms with Gasteiger partial charge in [-0.05, 0) is 37.1 Å². The van der Waals surface area contributed by atoms with Crippen LogP contribution in [0.2, 0.25) is 0 Å². The zero-order valence-electron chi connectivity index (χ0n) is 8.69. The minimum atomic E-state index is 0.366. The molecule has 0 radical (unpaired) electrons. The summed E-state index contributed by atoms with van der Waals surface area (Å²) in [6.07, 6.45) is 4.66. The third-order valence-corrected chi connectivity index (χ3v) is 3.96. The van der Waals surface area contributed by atoms with E-state index in [9.17, 15) is 4.79 Å². The first-order chi connectivity index (χ1) is 7.34. The third kappa shape index (κ3) is 2.07. The maximum Gasteiger partial charge on any atom is 0.226 e. The van der Waals surface area contributed by atoms with Crippen molar-refractivity contribution in [1.29, 1.82) is 0 Å². The number of carbonyl (C=O) groups excluding carboxylic acids is 1. The van der Waals surface area contributed by atoms with Gasteiger partial charge in [0.15, 0.2) is 0 Å². The maximum atomic E-state index is 12.0. The van der Waals surface area contributed by atoms with Crippen molar-refractivity contribution in [2.24, 2.45) is 5.92 Å². The Bertz CT molecular complexity index is 352. The number of rotatable bonds is 4. The third-order valence-electron chi connectivity index (χ3n) is 3.10. The summed E-state index contributed by atoms with van der Waals surface area (Å²) in [6, 6.07) is 4.74. The van der Waals surface area contributed by atoms with Crippen molar-refractivity contribution in [2.45, 2.75) is 38.3 Å². The van der Waals surface area contributed by atoms with E-state index in [1.54, 1.807) is 11.3 Å². The van der Waals surface area contributed by atoms with Crippen LogP contribution in [-0.4, -0.2) is 16.8 Å². The molecule has 1 aromatic rings. The lowest BCUT2D eigenvalue weighted by Crippen LogP contribution is -2.33. The first kappa shape index (κ1) is 9.40. The number of carbonyl (C=O) groups is 1. The minimum Gasteiger partial charge on any atom is -0.334 e. The van der Waals surface area contributed by atoms with Crippen LogP contribution in [0.3, 0.4) is 0 Å².